The first-order chi connectivity index (χ1) is 19.7. The van der Waals surface area contributed by atoms with Gasteiger partial charge in [-0.25, -0.2) is 9.97 Å². The average molecular weight is 531 g/mol. The Kier molecular flexibility index (Phi) is 7.26. The lowest BCUT2D eigenvalue weighted by Gasteiger charge is -2.35. The van der Waals surface area contributed by atoms with Crippen LogP contribution in [0.4, 0.5) is 5.95 Å². The Morgan fingerprint density at radius 1 is 0.800 bits per heavy atom. The summed E-state index contributed by atoms with van der Waals surface area (Å²) in [6, 6.07) is 31.4. The molecule has 5 aromatic rings. The zero-order chi connectivity index (χ0) is 27.3. The number of nitrogens with zero attached hydrogens (tertiary/aromatic N) is 4. The van der Waals surface area contributed by atoms with Crippen LogP contribution in [0.25, 0.3) is 22.0 Å². The van der Waals surface area contributed by atoms with Gasteiger partial charge in [0, 0.05) is 37.9 Å². The molecule has 0 N–H and O–H groups in total. The van der Waals surface area contributed by atoms with E-state index in [-0.39, 0.29) is 5.91 Å². The fraction of sp³-hybridized carbons (Fsp3) is 0.182. The SMILES string of the molecule is CCOc1ccc2ccccc2c1C(=O)N1CCN(c2nccc(-c3ccc(Oc4ccccc4)cc3)n2)CC1. The molecule has 0 unspecified atom stereocenters. The molecular formula is C33H30N4O3. The number of carbonyl (C=O) groups excluding carboxylic acids is 1. The Bertz CT molecular complexity index is 1610. The van der Waals surface area contributed by atoms with Crippen LogP contribution in [0.15, 0.2) is 103 Å². The van der Waals surface area contributed by atoms with Gasteiger partial charge in [-0.05, 0) is 66.2 Å². The quantitative estimate of drug-likeness (QED) is 0.241. The number of aromatic nitrogens is 2. The van der Waals surface area contributed by atoms with Gasteiger partial charge in [0.1, 0.15) is 17.2 Å². The van der Waals surface area contributed by atoms with E-state index in [0.29, 0.717) is 50.0 Å². The van der Waals surface area contributed by atoms with Crippen molar-refractivity contribution in [3.63, 3.8) is 0 Å². The van der Waals surface area contributed by atoms with Gasteiger partial charge in [-0.15, -0.1) is 0 Å². The first-order valence-corrected chi connectivity index (χ1v) is 13.5. The summed E-state index contributed by atoms with van der Waals surface area (Å²) in [5.41, 5.74) is 2.45. The molecule has 1 amide bonds. The highest BCUT2D eigenvalue weighted by Crippen LogP contribution is 2.30. The van der Waals surface area contributed by atoms with E-state index >= 15 is 0 Å². The van der Waals surface area contributed by atoms with Gasteiger partial charge < -0.3 is 19.3 Å². The molecule has 1 saturated heterocycles. The lowest BCUT2D eigenvalue weighted by molar-refractivity contribution is 0.0744. The molecule has 1 fully saturated rings. The van der Waals surface area contributed by atoms with Crippen molar-refractivity contribution >= 4 is 22.6 Å². The van der Waals surface area contributed by atoms with E-state index in [1.54, 1.807) is 6.20 Å². The fourth-order valence-electron chi connectivity index (χ4n) is 5.00. The maximum Gasteiger partial charge on any atom is 0.258 e. The highest BCUT2D eigenvalue weighted by molar-refractivity contribution is 6.09. The maximum atomic E-state index is 13.7. The van der Waals surface area contributed by atoms with Crippen molar-refractivity contribution in [2.24, 2.45) is 0 Å². The third-order valence-electron chi connectivity index (χ3n) is 7.03. The number of benzene rings is 4. The number of fused-ring (bicyclic) bond motifs is 1. The average Bonchev–Trinajstić information content (AvgIpc) is 3.02. The first-order valence-electron chi connectivity index (χ1n) is 13.5. The van der Waals surface area contributed by atoms with Crippen LogP contribution < -0.4 is 14.4 Å². The molecule has 200 valence electrons. The molecule has 7 heteroatoms. The molecule has 1 aromatic heterocycles. The van der Waals surface area contributed by atoms with E-state index < -0.39 is 0 Å². The van der Waals surface area contributed by atoms with Crippen LogP contribution in [0.3, 0.4) is 0 Å². The second kappa shape index (κ2) is 11.5. The third kappa shape index (κ3) is 5.31. The molecule has 0 radical (unpaired) electrons. The molecule has 0 bridgehead atoms. The molecule has 4 aromatic carbocycles. The van der Waals surface area contributed by atoms with Crippen LogP contribution in [-0.2, 0) is 0 Å². The van der Waals surface area contributed by atoms with Crippen molar-refractivity contribution in [1.29, 1.82) is 0 Å². The van der Waals surface area contributed by atoms with E-state index in [4.69, 9.17) is 14.5 Å². The minimum atomic E-state index is -0.00706. The number of anilines is 1. The standard InChI is InChI=1S/C33H30N4O3/c1-2-39-30-17-14-24-8-6-7-11-28(24)31(30)32(38)36-20-22-37(23-21-36)33-34-19-18-29(35-33)25-12-15-27(16-13-25)40-26-9-4-3-5-10-26/h3-19H,2,20-23H2,1H3. The topological polar surface area (TPSA) is 67.8 Å². The molecule has 0 saturated carbocycles. The lowest BCUT2D eigenvalue weighted by Crippen LogP contribution is -2.49. The van der Waals surface area contributed by atoms with Gasteiger partial charge in [0.25, 0.3) is 5.91 Å². The van der Waals surface area contributed by atoms with E-state index in [9.17, 15) is 4.79 Å². The molecule has 0 atom stereocenters. The first kappa shape index (κ1) is 25.4. The summed E-state index contributed by atoms with van der Waals surface area (Å²) in [6.45, 7) is 4.88. The molecule has 40 heavy (non-hydrogen) atoms. The number of amides is 1. The normalized spacial score (nSPS) is 13.3. The smallest absolute Gasteiger partial charge is 0.258 e. The van der Waals surface area contributed by atoms with Crippen molar-refractivity contribution < 1.29 is 14.3 Å². The largest absolute Gasteiger partial charge is 0.493 e. The molecule has 1 aliphatic rings. The second-order valence-corrected chi connectivity index (χ2v) is 9.55. The van der Waals surface area contributed by atoms with Crippen LogP contribution in [0, 0.1) is 0 Å². The second-order valence-electron chi connectivity index (χ2n) is 9.55. The summed E-state index contributed by atoms with van der Waals surface area (Å²) in [5.74, 6) is 2.85. The minimum absolute atomic E-state index is 0.00706. The van der Waals surface area contributed by atoms with Gasteiger partial charge in [0.05, 0.1) is 17.9 Å². The minimum Gasteiger partial charge on any atom is -0.493 e. The predicted octanol–water partition coefficient (Wildman–Crippen LogP) is 6.45. The van der Waals surface area contributed by atoms with Crippen LogP contribution in [0.2, 0.25) is 0 Å². The number of hydrogen-bond donors (Lipinski definition) is 0. The van der Waals surface area contributed by atoms with Crippen molar-refractivity contribution in [1.82, 2.24) is 14.9 Å². The number of hydrogen-bond acceptors (Lipinski definition) is 6. The van der Waals surface area contributed by atoms with E-state index in [1.807, 2.05) is 109 Å². The van der Waals surface area contributed by atoms with Gasteiger partial charge in [-0.1, -0.05) is 48.5 Å². The number of carbonyl (C=O) groups is 1. The number of ether oxygens (including phenoxy) is 2. The number of piperazine rings is 1. The van der Waals surface area contributed by atoms with E-state index in [1.165, 1.54) is 0 Å². The van der Waals surface area contributed by atoms with Gasteiger partial charge in [0.2, 0.25) is 5.95 Å². The number of para-hydroxylation sites is 1. The Labute approximate surface area is 233 Å². The van der Waals surface area contributed by atoms with Crippen molar-refractivity contribution in [2.45, 2.75) is 6.92 Å². The summed E-state index contributed by atoms with van der Waals surface area (Å²) in [7, 11) is 0. The molecule has 0 aliphatic carbocycles. The Hall–Kier alpha value is -4.91. The highest BCUT2D eigenvalue weighted by atomic mass is 16.5. The molecular weight excluding hydrogens is 500 g/mol. The molecule has 0 spiro atoms. The van der Waals surface area contributed by atoms with Gasteiger partial charge in [-0.3, -0.25) is 4.79 Å². The molecule has 2 heterocycles. The number of rotatable bonds is 7. The zero-order valence-electron chi connectivity index (χ0n) is 22.4. The molecule has 7 nitrogen and oxygen atoms in total. The van der Waals surface area contributed by atoms with Gasteiger partial charge in [0.15, 0.2) is 0 Å². The van der Waals surface area contributed by atoms with Crippen LogP contribution in [0.5, 0.6) is 17.2 Å². The van der Waals surface area contributed by atoms with Crippen molar-refractivity contribution in [2.75, 3.05) is 37.7 Å². The summed E-state index contributed by atoms with van der Waals surface area (Å²) in [6.07, 6.45) is 1.79. The zero-order valence-corrected chi connectivity index (χ0v) is 22.4. The third-order valence-corrected chi connectivity index (χ3v) is 7.03. The summed E-state index contributed by atoms with van der Waals surface area (Å²) < 4.78 is 11.8. The Balaban J connectivity index is 1.15. The lowest BCUT2D eigenvalue weighted by atomic mass is 10.0. The van der Waals surface area contributed by atoms with Crippen LogP contribution >= 0.6 is 0 Å². The predicted molar refractivity (Wildman–Crippen MR) is 157 cm³/mol. The highest BCUT2D eigenvalue weighted by Gasteiger charge is 2.27. The van der Waals surface area contributed by atoms with Crippen molar-refractivity contribution in [3.05, 3.63) is 109 Å². The van der Waals surface area contributed by atoms with Crippen LogP contribution in [0.1, 0.15) is 17.3 Å². The van der Waals surface area contributed by atoms with Crippen molar-refractivity contribution in [3.8, 4) is 28.5 Å². The Morgan fingerprint density at radius 2 is 1.52 bits per heavy atom. The fourth-order valence-corrected chi connectivity index (χ4v) is 5.00. The summed E-state index contributed by atoms with van der Waals surface area (Å²) in [4.78, 5) is 27.1. The Morgan fingerprint density at radius 3 is 2.30 bits per heavy atom. The maximum absolute atomic E-state index is 13.7. The molecule has 6 rings (SSSR count). The molecule has 1 aliphatic heterocycles. The summed E-state index contributed by atoms with van der Waals surface area (Å²) in [5, 5.41) is 1.94. The van der Waals surface area contributed by atoms with Crippen LogP contribution in [-0.4, -0.2) is 53.6 Å². The van der Waals surface area contributed by atoms with Gasteiger partial charge >= 0.3 is 0 Å². The van der Waals surface area contributed by atoms with E-state index in [0.717, 1.165) is 33.5 Å². The monoisotopic (exact) mass is 530 g/mol. The van der Waals surface area contributed by atoms with Gasteiger partial charge in [-0.2, -0.15) is 0 Å². The summed E-state index contributed by atoms with van der Waals surface area (Å²) >= 11 is 0. The van der Waals surface area contributed by atoms with E-state index in [2.05, 4.69) is 9.88 Å².